The molecule has 9 heteroatoms. The van der Waals surface area contributed by atoms with E-state index in [1.54, 1.807) is 12.1 Å². The zero-order valence-electron chi connectivity index (χ0n) is 22.1. The molecule has 2 bridgehead atoms. The van der Waals surface area contributed by atoms with Gasteiger partial charge in [0, 0.05) is 17.1 Å². The van der Waals surface area contributed by atoms with E-state index in [1.165, 1.54) is 4.90 Å². The fourth-order valence-corrected chi connectivity index (χ4v) is 7.57. The van der Waals surface area contributed by atoms with Crippen LogP contribution in [0.3, 0.4) is 0 Å². The predicted molar refractivity (Wildman–Crippen MR) is 151 cm³/mol. The van der Waals surface area contributed by atoms with Crippen molar-refractivity contribution in [2.75, 3.05) is 18.5 Å². The number of likely N-dealkylation sites (tertiary alicyclic amines) is 1. The monoisotopic (exact) mass is 597 g/mol. The molecule has 0 aromatic heterocycles. The number of benzene rings is 2. The van der Waals surface area contributed by atoms with Crippen LogP contribution in [0.15, 0.2) is 60.7 Å². The molecule has 208 valence electrons. The molecule has 3 heterocycles. The van der Waals surface area contributed by atoms with Crippen molar-refractivity contribution in [1.82, 2.24) is 10.2 Å². The Morgan fingerprint density at radius 2 is 1.79 bits per heavy atom. The molecule has 0 saturated carbocycles. The average Bonchev–Trinajstić information content (AvgIpc) is 3.54. The number of aliphatic hydroxyl groups excluding tert-OH is 1. The third-order valence-corrected chi connectivity index (χ3v) is 9.16. The van der Waals surface area contributed by atoms with E-state index in [-0.39, 0.29) is 29.2 Å². The molecule has 3 aliphatic heterocycles. The summed E-state index contributed by atoms with van der Waals surface area (Å²) in [5.74, 6) is -2.50. The van der Waals surface area contributed by atoms with Gasteiger partial charge in [-0.05, 0) is 37.0 Å². The second-order valence-corrected chi connectivity index (χ2v) is 12.0. The Morgan fingerprint density at radius 1 is 1.10 bits per heavy atom. The maximum atomic E-state index is 14.3. The van der Waals surface area contributed by atoms with Gasteiger partial charge in [-0.1, -0.05) is 84.2 Å². The van der Waals surface area contributed by atoms with Crippen molar-refractivity contribution in [2.45, 2.75) is 67.6 Å². The molecule has 5 rings (SSSR count). The van der Waals surface area contributed by atoms with E-state index in [0.29, 0.717) is 25.1 Å². The number of fused-ring (bicyclic) bond motifs is 1. The number of rotatable bonds is 11. The van der Waals surface area contributed by atoms with Crippen LogP contribution in [0.25, 0.3) is 0 Å². The molecule has 39 heavy (non-hydrogen) atoms. The minimum absolute atomic E-state index is 0.190. The Morgan fingerprint density at radius 3 is 2.46 bits per heavy atom. The van der Waals surface area contributed by atoms with Gasteiger partial charge in [0.05, 0.1) is 30.6 Å². The van der Waals surface area contributed by atoms with Crippen LogP contribution < -0.4 is 10.6 Å². The van der Waals surface area contributed by atoms with Crippen molar-refractivity contribution in [3.63, 3.8) is 0 Å². The summed E-state index contributed by atoms with van der Waals surface area (Å²) in [7, 11) is 0. The number of carbonyl (C=O) groups is 3. The lowest BCUT2D eigenvalue weighted by atomic mass is 9.70. The molecule has 8 nitrogen and oxygen atoms in total. The highest BCUT2D eigenvalue weighted by Gasteiger charge is 2.77. The highest BCUT2D eigenvalue weighted by Crippen LogP contribution is 2.60. The number of alkyl halides is 1. The summed E-state index contributed by atoms with van der Waals surface area (Å²) >= 11 is 3.70. The number of nitrogens with one attached hydrogen (secondary N) is 2. The van der Waals surface area contributed by atoms with Gasteiger partial charge >= 0.3 is 0 Å². The quantitative estimate of drug-likeness (QED) is 0.272. The Hall–Kier alpha value is -2.75. The first-order chi connectivity index (χ1) is 18.9. The van der Waals surface area contributed by atoms with Crippen LogP contribution in [0.5, 0.6) is 0 Å². The van der Waals surface area contributed by atoms with E-state index in [0.717, 1.165) is 24.8 Å². The lowest BCUT2D eigenvalue weighted by molar-refractivity contribution is -0.145. The summed E-state index contributed by atoms with van der Waals surface area (Å²) in [6.07, 6.45) is 3.11. The SMILES string of the molecule is CCCCCNC(=O)C1N([C@@H](CO)Cc2ccccc2)C(=O)[C@@H]2[C@@H](C(=O)Nc3ccccc3)[C@@H]3OC12CC3Br. The molecule has 3 amide bonds. The van der Waals surface area contributed by atoms with Gasteiger partial charge in [-0.25, -0.2) is 0 Å². The fourth-order valence-electron chi connectivity index (χ4n) is 6.63. The van der Waals surface area contributed by atoms with Crippen LogP contribution in [0.1, 0.15) is 38.2 Å². The third kappa shape index (κ3) is 5.12. The summed E-state index contributed by atoms with van der Waals surface area (Å²) in [4.78, 5) is 43.1. The minimum Gasteiger partial charge on any atom is -0.394 e. The molecule has 7 atom stereocenters. The standard InChI is InChI=1S/C30H36BrN3O5/c1-2-3-10-15-32-28(37)26-30-17-22(31)25(39-30)23(27(36)33-20-13-8-5-9-14-20)24(30)29(38)34(26)21(18-35)16-19-11-6-4-7-12-19/h4-9,11-14,21-26,35H,2-3,10,15-18H2,1H3,(H,32,37)(H,33,36)/t21-,22?,23-,24+,25-,26?,30?/m1/s1. The molecule has 1 spiro atoms. The molecule has 3 N–H and O–H groups in total. The number of amides is 3. The van der Waals surface area contributed by atoms with Crippen LogP contribution in [-0.4, -0.2) is 69.5 Å². The summed E-state index contributed by atoms with van der Waals surface area (Å²) in [6, 6.07) is 17.1. The predicted octanol–water partition coefficient (Wildman–Crippen LogP) is 3.28. The van der Waals surface area contributed by atoms with Crippen LogP contribution in [0.2, 0.25) is 0 Å². The van der Waals surface area contributed by atoms with Gasteiger partial charge in [0.2, 0.25) is 17.7 Å². The van der Waals surface area contributed by atoms with Gasteiger partial charge in [0.1, 0.15) is 11.6 Å². The van der Waals surface area contributed by atoms with Crippen molar-refractivity contribution in [1.29, 1.82) is 0 Å². The molecular weight excluding hydrogens is 562 g/mol. The summed E-state index contributed by atoms with van der Waals surface area (Å²) < 4.78 is 6.56. The van der Waals surface area contributed by atoms with Gasteiger partial charge < -0.3 is 25.4 Å². The fraction of sp³-hybridized carbons (Fsp3) is 0.500. The third-order valence-electron chi connectivity index (χ3n) is 8.32. The molecule has 3 unspecified atom stereocenters. The Labute approximate surface area is 237 Å². The van der Waals surface area contributed by atoms with Crippen molar-refractivity contribution in [3.05, 3.63) is 66.2 Å². The van der Waals surface area contributed by atoms with Crippen molar-refractivity contribution >= 4 is 39.3 Å². The summed E-state index contributed by atoms with van der Waals surface area (Å²) in [5, 5.41) is 16.5. The highest BCUT2D eigenvalue weighted by atomic mass is 79.9. The number of nitrogens with zero attached hydrogens (tertiary/aromatic N) is 1. The van der Waals surface area contributed by atoms with E-state index in [2.05, 4.69) is 33.5 Å². The van der Waals surface area contributed by atoms with Crippen LogP contribution in [0, 0.1) is 11.8 Å². The second kappa shape index (κ2) is 11.8. The number of hydrogen-bond donors (Lipinski definition) is 3. The number of anilines is 1. The van der Waals surface area contributed by atoms with E-state index in [4.69, 9.17) is 4.74 Å². The first-order valence-electron chi connectivity index (χ1n) is 13.8. The number of halogens is 1. The molecular formula is C30H36BrN3O5. The Balaban J connectivity index is 1.49. The van der Waals surface area contributed by atoms with Gasteiger partial charge in [0.15, 0.2) is 0 Å². The van der Waals surface area contributed by atoms with Crippen LogP contribution in [0.4, 0.5) is 5.69 Å². The largest absolute Gasteiger partial charge is 0.394 e. The molecule has 2 aromatic rings. The minimum atomic E-state index is -1.16. The smallest absolute Gasteiger partial charge is 0.245 e. The number of para-hydroxylation sites is 1. The molecule has 0 radical (unpaired) electrons. The molecule has 3 saturated heterocycles. The molecule has 3 fully saturated rings. The van der Waals surface area contributed by atoms with E-state index in [1.807, 2.05) is 48.5 Å². The van der Waals surface area contributed by atoms with Crippen molar-refractivity contribution in [2.24, 2.45) is 11.8 Å². The van der Waals surface area contributed by atoms with Crippen LogP contribution >= 0.6 is 15.9 Å². The summed E-state index contributed by atoms with van der Waals surface area (Å²) in [6.45, 7) is 2.28. The van der Waals surface area contributed by atoms with Crippen molar-refractivity contribution < 1.29 is 24.2 Å². The van der Waals surface area contributed by atoms with Gasteiger partial charge in [0.25, 0.3) is 0 Å². The Bertz CT molecular complexity index is 1180. The first-order valence-corrected chi connectivity index (χ1v) is 14.7. The van der Waals surface area contributed by atoms with Crippen molar-refractivity contribution in [3.8, 4) is 0 Å². The lowest BCUT2D eigenvalue weighted by Gasteiger charge is -2.37. The van der Waals surface area contributed by atoms with Gasteiger partial charge in [-0.3, -0.25) is 14.4 Å². The molecule has 0 aliphatic carbocycles. The topological polar surface area (TPSA) is 108 Å². The van der Waals surface area contributed by atoms with E-state index in [9.17, 15) is 19.5 Å². The second-order valence-electron chi connectivity index (χ2n) is 10.8. The number of carbonyl (C=O) groups excluding carboxylic acids is 3. The normalized spacial score (nSPS) is 29.8. The van der Waals surface area contributed by atoms with Crippen LogP contribution in [-0.2, 0) is 25.5 Å². The number of hydrogen-bond acceptors (Lipinski definition) is 5. The highest BCUT2D eigenvalue weighted by molar-refractivity contribution is 9.09. The number of unbranched alkanes of at least 4 members (excludes halogenated alkanes) is 2. The number of aliphatic hydroxyl groups is 1. The number of ether oxygens (including phenoxy) is 1. The zero-order valence-corrected chi connectivity index (χ0v) is 23.7. The first kappa shape index (κ1) is 27.8. The maximum absolute atomic E-state index is 14.3. The van der Waals surface area contributed by atoms with E-state index < -0.39 is 35.6 Å². The van der Waals surface area contributed by atoms with E-state index >= 15 is 0 Å². The summed E-state index contributed by atoms with van der Waals surface area (Å²) in [5.41, 5.74) is 0.423. The molecule has 2 aromatic carbocycles. The lowest BCUT2D eigenvalue weighted by Crippen LogP contribution is -2.58. The Kier molecular flexibility index (Phi) is 8.40. The zero-order chi connectivity index (χ0) is 27.6. The maximum Gasteiger partial charge on any atom is 0.245 e. The van der Waals surface area contributed by atoms with Gasteiger partial charge in [-0.2, -0.15) is 0 Å². The van der Waals surface area contributed by atoms with Gasteiger partial charge in [-0.15, -0.1) is 0 Å². The average molecular weight is 599 g/mol. The molecule has 3 aliphatic rings.